The number of anilines is 1. The number of halogens is 2. The Morgan fingerprint density at radius 2 is 1.88 bits per heavy atom. The van der Waals surface area contributed by atoms with Gasteiger partial charge in [0.15, 0.2) is 0 Å². The van der Waals surface area contributed by atoms with Crippen LogP contribution in [0.25, 0.3) is 11.3 Å². The summed E-state index contributed by atoms with van der Waals surface area (Å²) in [7, 11) is 1.64. The number of carbonyl (C=O) groups is 1. The largest absolute Gasteiger partial charge is 0.307 e. The number of benzene rings is 2. The van der Waals surface area contributed by atoms with Gasteiger partial charge in [-0.05, 0) is 30.7 Å². The highest BCUT2D eigenvalue weighted by atomic mass is 19.1. The Morgan fingerprint density at radius 1 is 1.12 bits per heavy atom. The number of nitrogens with one attached hydrogen (secondary N) is 1. The van der Waals surface area contributed by atoms with Gasteiger partial charge in [-0.15, -0.1) is 0 Å². The Labute approximate surface area is 137 Å². The zero-order valence-corrected chi connectivity index (χ0v) is 13.2. The third kappa shape index (κ3) is 3.03. The molecule has 0 saturated carbocycles. The van der Waals surface area contributed by atoms with Crippen molar-refractivity contribution in [3.8, 4) is 11.3 Å². The number of amides is 1. The fourth-order valence-corrected chi connectivity index (χ4v) is 2.42. The molecule has 1 aromatic heterocycles. The summed E-state index contributed by atoms with van der Waals surface area (Å²) < 4.78 is 28.3. The SMILES string of the molecule is Cc1ccccc1C(=O)Nc1cc(-c2ccc(F)cc2F)nn1C. The molecule has 0 aliphatic heterocycles. The first-order valence-electron chi connectivity index (χ1n) is 7.32. The van der Waals surface area contributed by atoms with Crippen LogP contribution in [0.3, 0.4) is 0 Å². The van der Waals surface area contributed by atoms with Crippen molar-refractivity contribution < 1.29 is 13.6 Å². The summed E-state index contributed by atoms with van der Waals surface area (Å²) in [6.07, 6.45) is 0. The molecule has 6 heteroatoms. The second-order valence-electron chi connectivity index (χ2n) is 5.43. The lowest BCUT2D eigenvalue weighted by Gasteiger charge is -2.07. The van der Waals surface area contributed by atoms with E-state index in [0.29, 0.717) is 17.1 Å². The lowest BCUT2D eigenvalue weighted by Crippen LogP contribution is -2.15. The van der Waals surface area contributed by atoms with Crippen LogP contribution in [-0.2, 0) is 7.05 Å². The molecule has 0 unspecified atom stereocenters. The molecular formula is C18H15F2N3O. The van der Waals surface area contributed by atoms with E-state index < -0.39 is 11.6 Å². The van der Waals surface area contributed by atoms with Crippen LogP contribution in [0.5, 0.6) is 0 Å². The maximum atomic E-state index is 13.9. The number of nitrogens with zero attached hydrogens (tertiary/aromatic N) is 2. The Kier molecular flexibility index (Phi) is 4.12. The summed E-state index contributed by atoms with van der Waals surface area (Å²) in [5.74, 6) is -1.21. The molecular weight excluding hydrogens is 312 g/mol. The van der Waals surface area contributed by atoms with Gasteiger partial charge in [0, 0.05) is 30.3 Å². The highest BCUT2D eigenvalue weighted by Gasteiger charge is 2.15. The molecule has 0 fully saturated rings. The first-order chi connectivity index (χ1) is 11.5. The van der Waals surface area contributed by atoms with E-state index in [9.17, 15) is 13.6 Å². The molecule has 4 nitrogen and oxygen atoms in total. The quantitative estimate of drug-likeness (QED) is 0.792. The van der Waals surface area contributed by atoms with Crippen LogP contribution in [0.2, 0.25) is 0 Å². The van der Waals surface area contributed by atoms with Crippen molar-refractivity contribution >= 4 is 11.7 Å². The Morgan fingerprint density at radius 3 is 2.58 bits per heavy atom. The monoisotopic (exact) mass is 327 g/mol. The standard InChI is InChI=1S/C18H15F2N3O/c1-11-5-3-4-6-13(11)18(24)21-17-10-16(22-23(17)2)14-8-7-12(19)9-15(14)20/h3-10H,1-2H3,(H,21,24). The van der Waals surface area contributed by atoms with E-state index in [2.05, 4.69) is 10.4 Å². The molecule has 1 heterocycles. The van der Waals surface area contributed by atoms with E-state index in [1.165, 1.54) is 16.8 Å². The average molecular weight is 327 g/mol. The smallest absolute Gasteiger partial charge is 0.257 e. The maximum absolute atomic E-state index is 13.9. The minimum Gasteiger partial charge on any atom is -0.307 e. The van der Waals surface area contributed by atoms with E-state index in [4.69, 9.17) is 0 Å². The molecule has 0 radical (unpaired) electrons. The molecule has 3 rings (SSSR count). The normalized spacial score (nSPS) is 10.7. The van der Waals surface area contributed by atoms with Gasteiger partial charge >= 0.3 is 0 Å². The third-order valence-electron chi connectivity index (χ3n) is 3.72. The minimum atomic E-state index is -0.704. The van der Waals surface area contributed by atoms with E-state index in [-0.39, 0.29) is 11.5 Å². The van der Waals surface area contributed by atoms with Gasteiger partial charge in [-0.1, -0.05) is 18.2 Å². The predicted octanol–water partition coefficient (Wildman–Crippen LogP) is 3.93. The van der Waals surface area contributed by atoms with Crippen molar-refractivity contribution in [1.82, 2.24) is 9.78 Å². The molecule has 3 aromatic rings. The van der Waals surface area contributed by atoms with E-state index in [0.717, 1.165) is 11.6 Å². The Bertz CT molecular complexity index is 918. The van der Waals surface area contributed by atoms with E-state index >= 15 is 0 Å². The average Bonchev–Trinajstić information content (AvgIpc) is 2.88. The van der Waals surface area contributed by atoms with Crippen molar-refractivity contribution in [2.24, 2.45) is 7.05 Å². The van der Waals surface area contributed by atoms with E-state index in [1.54, 1.807) is 25.2 Å². The van der Waals surface area contributed by atoms with Gasteiger partial charge in [0.25, 0.3) is 5.91 Å². The van der Waals surface area contributed by atoms with Gasteiger partial charge in [-0.2, -0.15) is 5.10 Å². The summed E-state index contributed by atoms with van der Waals surface area (Å²) in [6.45, 7) is 1.84. The zero-order valence-electron chi connectivity index (χ0n) is 13.2. The van der Waals surface area contributed by atoms with Crippen molar-refractivity contribution in [1.29, 1.82) is 0 Å². The molecule has 0 bridgehead atoms. The van der Waals surface area contributed by atoms with Gasteiger partial charge in [0.05, 0.1) is 5.69 Å². The van der Waals surface area contributed by atoms with Gasteiger partial charge in [-0.3, -0.25) is 9.48 Å². The number of carbonyl (C=O) groups excluding carboxylic acids is 1. The second kappa shape index (κ2) is 6.23. The fraction of sp³-hybridized carbons (Fsp3) is 0.111. The topological polar surface area (TPSA) is 46.9 Å². The number of hydrogen-bond donors (Lipinski definition) is 1. The Hall–Kier alpha value is -3.02. The van der Waals surface area contributed by atoms with Crippen molar-refractivity contribution in [2.45, 2.75) is 6.92 Å². The van der Waals surface area contributed by atoms with Crippen LogP contribution in [0.1, 0.15) is 15.9 Å². The molecule has 1 amide bonds. The van der Waals surface area contributed by atoms with Crippen LogP contribution >= 0.6 is 0 Å². The minimum absolute atomic E-state index is 0.170. The molecule has 122 valence electrons. The number of aromatic nitrogens is 2. The van der Waals surface area contributed by atoms with Crippen LogP contribution in [0.4, 0.5) is 14.6 Å². The molecule has 0 spiro atoms. The summed E-state index contributed by atoms with van der Waals surface area (Å²) in [5, 5.41) is 6.93. The maximum Gasteiger partial charge on any atom is 0.257 e. The highest BCUT2D eigenvalue weighted by Crippen LogP contribution is 2.25. The van der Waals surface area contributed by atoms with Crippen molar-refractivity contribution in [3.63, 3.8) is 0 Å². The molecule has 0 aliphatic rings. The molecule has 0 atom stereocenters. The van der Waals surface area contributed by atoms with Gasteiger partial charge in [0.2, 0.25) is 0 Å². The Balaban J connectivity index is 1.90. The zero-order chi connectivity index (χ0) is 17.3. The number of hydrogen-bond acceptors (Lipinski definition) is 2. The van der Waals surface area contributed by atoms with Crippen LogP contribution in [0, 0.1) is 18.6 Å². The van der Waals surface area contributed by atoms with Crippen LogP contribution < -0.4 is 5.32 Å². The van der Waals surface area contributed by atoms with Crippen LogP contribution in [-0.4, -0.2) is 15.7 Å². The summed E-state index contributed by atoms with van der Waals surface area (Å²) >= 11 is 0. The number of aryl methyl sites for hydroxylation is 2. The summed E-state index contributed by atoms with van der Waals surface area (Å²) in [4.78, 5) is 12.4. The van der Waals surface area contributed by atoms with Crippen LogP contribution in [0.15, 0.2) is 48.5 Å². The summed E-state index contributed by atoms with van der Waals surface area (Å²) in [5.41, 5.74) is 1.88. The van der Waals surface area contributed by atoms with Crippen molar-refractivity contribution in [3.05, 3.63) is 71.3 Å². The molecule has 0 saturated heterocycles. The predicted molar refractivity (Wildman–Crippen MR) is 87.7 cm³/mol. The van der Waals surface area contributed by atoms with Gasteiger partial charge in [-0.25, -0.2) is 8.78 Å². The van der Waals surface area contributed by atoms with Crippen molar-refractivity contribution in [2.75, 3.05) is 5.32 Å². The molecule has 24 heavy (non-hydrogen) atoms. The van der Waals surface area contributed by atoms with E-state index in [1.807, 2.05) is 19.1 Å². The lowest BCUT2D eigenvalue weighted by molar-refractivity contribution is 0.102. The van der Waals surface area contributed by atoms with Gasteiger partial charge < -0.3 is 5.32 Å². The molecule has 2 aromatic carbocycles. The molecule has 0 aliphatic carbocycles. The number of rotatable bonds is 3. The first kappa shape index (κ1) is 15.9. The first-order valence-corrected chi connectivity index (χ1v) is 7.32. The fourth-order valence-electron chi connectivity index (χ4n) is 2.42. The highest BCUT2D eigenvalue weighted by molar-refractivity contribution is 6.05. The summed E-state index contributed by atoms with van der Waals surface area (Å²) in [6, 6.07) is 12.0. The second-order valence-corrected chi connectivity index (χ2v) is 5.43. The third-order valence-corrected chi connectivity index (χ3v) is 3.72. The lowest BCUT2D eigenvalue weighted by atomic mass is 10.1. The van der Waals surface area contributed by atoms with Gasteiger partial charge in [0.1, 0.15) is 17.5 Å². The molecule has 1 N–H and O–H groups in total.